The summed E-state index contributed by atoms with van der Waals surface area (Å²) >= 11 is -1.37. The van der Waals surface area contributed by atoms with Gasteiger partial charge in [-0.1, -0.05) is 32.1 Å². The molecule has 2 aliphatic heterocycles. The van der Waals surface area contributed by atoms with E-state index in [1.165, 1.54) is 12.5 Å². The number of sulfone groups is 1. The molecule has 2 heterocycles. The van der Waals surface area contributed by atoms with Crippen LogP contribution in [0.25, 0.3) is 0 Å². The van der Waals surface area contributed by atoms with Crippen LogP contribution in [-0.4, -0.2) is 49.5 Å². The van der Waals surface area contributed by atoms with E-state index in [2.05, 4.69) is 56.4 Å². The Morgan fingerprint density at radius 3 is 2.32 bits per heavy atom. The predicted molar refractivity (Wildman–Crippen MR) is 152 cm³/mol. The van der Waals surface area contributed by atoms with Crippen LogP contribution in [0.5, 0.6) is 5.75 Å². The van der Waals surface area contributed by atoms with Crippen LogP contribution < -0.4 is 9.08 Å². The zero-order valence-electron chi connectivity index (χ0n) is 22.7. The van der Waals surface area contributed by atoms with Crippen molar-refractivity contribution in [1.82, 2.24) is 0 Å². The van der Waals surface area contributed by atoms with Gasteiger partial charge in [-0.15, -0.1) is 0 Å². The first kappa shape index (κ1) is 27.1. The summed E-state index contributed by atoms with van der Waals surface area (Å²) in [4.78, 5) is 2.47. The van der Waals surface area contributed by atoms with Gasteiger partial charge in [0.05, 0.1) is 10.3 Å². The average molecular weight is 540 g/mol. The number of fused-ring (bicyclic) bond motifs is 2. The number of likely N-dealkylation sites (N-methyl/N-ethyl adjacent to an activating group) is 1. The molecule has 4 rings (SSSR count). The molecule has 0 saturated carbocycles. The molecule has 0 aromatic heterocycles. The second-order valence-electron chi connectivity index (χ2n) is 10.7. The lowest BCUT2D eigenvalue weighted by Crippen LogP contribution is -2.26. The molecule has 1 atom stereocenters. The van der Waals surface area contributed by atoms with Crippen LogP contribution in [0, 0.1) is 0 Å². The van der Waals surface area contributed by atoms with Crippen molar-refractivity contribution in [1.29, 1.82) is 0 Å². The summed E-state index contributed by atoms with van der Waals surface area (Å²) in [5.74, 6) is 0.603. The Bertz CT molecular complexity index is 1530. The second-order valence-corrected chi connectivity index (χ2v) is 13.6. The lowest BCUT2D eigenvalue weighted by molar-refractivity contribution is -0.401. The van der Waals surface area contributed by atoms with Gasteiger partial charge in [0.15, 0.2) is 15.5 Å². The minimum atomic E-state index is -3.27. The molecule has 0 saturated heterocycles. The van der Waals surface area contributed by atoms with E-state index in [0.29, 0.717) is 10.6 Å². The SMILES string of the molecule is CN1\C(=C/C=C/C=C/C2=[N+](C)c3ccc(OS(C)=O)cc3C2(C)C)C(C)(C)c2cc(S(C)(=O)=O)ccc21. The van der Waals surface area contributed by atoms with Gasteiger partial charge in [-0.2, -0.15) is 4.58 Å². The van der Waals surface area contributed by atoms with Gasteiger partial charge >= 0.3 is 0 Å². The van der Waals surface area contributed by atoms with Crippen LogP contribution in [-0.2, 0) is 31.7 Å². The maximum Gasteiger partial charge on any atom is 0.209 e. The molecule has 6 nitrogen and oxygen atoms in total. The zero-order chi connectivity index (χ0) is 27.3. The monoisotopic (exact) mass is 539 g/mol. The van der Waals surface area contributed by atoms with E-state index in [-0.39, 0.29) is 10.8 Å². The van der Waals surface area contributed by atoms with E-state index in [4.69, 9.17) is 4.18 Å². The summed E-state index contributed by atoms with van der Waals surface area (Å²) in [6.07, 6.45) is 13.0. The molecule has 0 fully saturated rings. The summed E-state index contributed by atoms with van der Waals surface area (Å²) < 4.78 is 43.3. The lowest BCUT2D eigenvalue weighted by atomic mass is 9.81. The topological polar surface area (TPSA) is 66.7 Å². The number of rotatable bonds is 6. The molecule has 2 aromatic carbocycles. The molecule has 0 amide bonds. The largest absolute Gasteiger partial charge is 0.401 e. The molecule has 0 spiro atoms. The smallest absolute Gasteiger partial charge is 0.209 e. The highest BCUT2D eigenvalue weighted by Gasteiger charge is 2.43. The third-order valence-electron chi connectivity index (χ3n) is 7.38. The van der Waals surface area contributed by atoms with Gasteiger partial charge in [-0.25, -0.2) is 12.6 Å². The first-order valence-electron chi connectivity index (χ1n) is 12.1. The van der Waals surface area contributed by atoms with Crippen LogP contribution in [0.1, 0.15) is 38.8 Å². The van der Waals surface area contributed by atoms with Gasteiger partial charge in [0.2, 0.25) is 16.8 Å². The van der Waals surface area contributed by atoms with Crippen molar-refractivity contribution in [2.45, 2.75) is 43.4 Å². The summed E-state index contributed by atoms with van der Waals surface area (Å²) in [6, 6.07) is 11.2. The van der Waals surface area contributed by atoms with Crippen molar-refractivity contribution in [3.8, 4) is 5.75 Å². The number of allylic oxidation sites excluding steroid dienone is 6. The molecule has 0 bridgehead atoms. The molecular formula is C29H35N2O4S2+. The van der Waals surface area contributed by atoms with Crippen LogP contribution >= 0.6 is 0 Å². The van der Waals surface area contributed by atoms with Gasteiger partial charge in [0.1, 0.15) is 12.8 Å². The molecule has 1 unspecified atom stereocenters. The fourth-order valence-electron chi connectivity index (χ4n) is 5.41. The Morgan fingerprint density at radius 2 is 1.68 bits per heavy atom. The molecule has 0 aliphatic carbocycles. The van der Waals surface area contributed by atoms with Crippen molar-refractivity contribution in [2.75, 3.05) is 31.5 Å². The van der Waals surface area contributed by atoms with E-state index >= 15 is 0 Å². The summed E-state index contributed by atoms with van der Waals surface area (Å²) in [5, 5.41) is 0. The summed E-state index contributed by atoms with van der Waals surface area (Å²) in [7, 11) is 0.792. The standard InChI is InChI=1S/C29H35N2O4S2/c1-28(2)22-18-20(35-36(7)32)14-16-24(22)30(5)26(28)12-10-9-11-13-27-29(3,4)23-19-21(37(8,33)34)15-17-25(23)31(27)6/h9-19H,1-8H3/q+1. The molecule has 37 heavy (non-hydrogen) atoms. The van der Waals surface area contributed by atoms with Crippen LogP contribution in [0.15, 0.2) is 77.4 Å². The molecule has 2 aliphatic rings. The van der Waals surface area contributed by atoms with Gasteiger partial charge in [-0.05, 0) is 55.8 Å². The van der Waals surface area contributed by atoms with E-state index in [1.54, 1.807) is 12.1 Å². The lowest BCUT2D eigenvalue weighted by Gasteiger charge is -2.23. The number of nitrogens with zero attached hydrogens (tertiary/aromatic N) is 2. The molecule has 2 aromatic rings. The maximum atomic E-state index is 12.1. The molecule has 8 heteroatoms. The quantitative estimate of drug-likeness (QED) is 0.373. The fourth-order valence-corrected chi connectivity index (χ4v) is 6.43. The molecule has 0 N–H and O–H groups in total. The van der Waals surface area contributed by atoms with Crippen molar-refractivity contribution < 1.29 is 21.4 Å². The molecule has 0 radical (unpaired) electrons. The summed E-state index contributed by atoms with van der Waals surface area (Å²) in [5.41, 5.74) is 5.93. The maximum absolute atomic E-state index is 12.1. The molecule has 196 valence electrons. The van der Waals surface area contributed by atoms with E-state index in [9.17, 15) is 12.6 Å². The Hall–Kier alpha value is -2.97. The second kappa shape index (κ2) is 9.40. The van der Waals surface area contributed by atoms with E-state index < -0.39 is 20.9 Å². The Morgan fingerprint density at radius 1 is 0.973 bits per heavy atom. The normalized spacial score (nSPS) is 20.2. The number of benzene rings is 2. The third-order valence-corrected chi connectivity index (χ3v) is 8.92. The Kier molecular flexibility index (Phi) is 6.88. The third kappa shape index (κ3) is 4.84. The minimum absolute atomic E-state index is 0.242. The number of hydrogen-bond donors (Lipinski definition) is 0. The zero-order valence-corrected chi connectivity index (χ0v) is 24.3. The highest BCUT2D eigenvalue weighted by molar-refractivity contribution is 7.90. The van der Waals surface area contributed by atoms with E-state index in [0.717, 1.165) is 33.9 Å². The van der Waals surface area contributed by atoms with Crippen molar-refractivity contribution >= 4 is 38.0 Å². The van der Waals surface area contributed by atoms with Gasteiger partial charge in [0.25, 0.3) is 0 Å². The van der Waals surface area contributed by atoms with Crippen LogP contribution in [0.4, 0.5) is 11.4 Å². The van der Waals surface area contributed by atoms with Gasteiger partial charge < -0.3 is 9.08 Å². The van der Waals surface area contributed by atoms with Crippen LogP contribution in [0.3, 0.4) is 0 Å². The first-order chi connectivity index (χ1) is 17.2. The highest BCUT2D eigenvalue weighted by Crippen LogP contribution is 2.47. The highest BCUT2D eigenvalue weighted by atomic mass is 32.2. The van der Waals surface area contributed by atoms with Crippen LogP contribution in [0.2, 0.25) is 0 Å². The van der Waals surface area contributed by atoms with Crippen molar-refractivity contribution in [2.24, 2.45) is 0 Å². The van der Waals surface area contributed by atoms with Crippen molar-refractivity contribution in [3.05, 3.63) is 83.6 Å². The number of hydrogen-bond acceptors (Lipinski definition) is 5. The average Bonchev–Trinajstić information content (AvgIpc) is 3.11. The fraction of sp³-hybridized carbons (Fsp3) is 0.345. The molecular weight excluding hydrogens is 504 g/mol. The first-order valence-corrected chi connectivity index (χ1v) is 15.4. The minimum Gasteiger partial charge on any atom is -0.401 e. The van der Waals surface area contributed by atoms with Crippen molar-refractivity contribution in [3.63, 3.8) is 0 Å². The Balaban J connectivity index is 1.57. The predicted octanol–water partition coefficient (Wildman–Crippen LogP) is 5.19. The van der Waals surface area contributed by atoms with Gasteiger partial charge in [-0.3, -0.25) is 0 Å². The number of anilines is 1. The Labute approximate surface area is 223 Å². The van der Waals surface area contributed by atoms with E-state index in [1.807, 2.05) is 49.5 Å². The van der Waals surface area contributed by atoms with Gasteiger partial charge in [0, 0.05) is 54.1 Å². The summed E-state index contributed by atoms with van der Waals surface area (Å²) in [6.45, 7) is 8.58.